The van der Waals surface area contributed by atoms with Crippen molar-refractivity contribution in [3.8, 4) is 0 Å². The topological polar surface area (TPSA) is 54.3 Å². The van der Waals surface area contributed by atoms with E-state index in [1.165, 1.54) is 5.56 Å². The van der Waals surface area contributed by atoms with Crippen molar-refractivity contribution < 1.29 is 4.79 Å². The molecule has 0 aromatic carbocycles. The Balaban J connectivity index is 1.84. The summed E-state index contributed by atoms with van der Waals surface area (Å²) in [6.45, 7) is 10.8. The lowest BCUT2D eigenvalue weighted by molar-refractivity contribution is 0.0782. The third kappa shape index (κ3) is 5.39. The monoisotopic (exact) mass is 357 g/mol. The average molecular weight is 358 g/mol. The van der Waals surface area contributed by atoms with Crippen molar-refractivity contribution in [2.45, 2.75) is 46.2 Å². The second-order valence-corrected chi connectivity index (χ2v) is 7.93. The van der Waals surface area contributed by atoms with E-state index in [9.17, 15) is 4.79 Å². The lowest BCUT2D eigenvalue weighted by Gasteiger charge is -2.21. The first-order chi connectivity index (χ1) is 12.2. The highest BCUT2D eigenvalue weighted by Crippen LogP contribution is 2.17. The molecule has 142 valence electrons. The van der Waals surface area contributed by atoms with Crippen molar-refractivity contribution in [3.05, 3.63) is 47.5 Å². The average Bonchev–Trinajstić information content (AvgIpc) is 2.97. The van der Waals surface area contributed by atoms with E-state index in [-0.39, 0.29) is 11.4 Å². The summed E-state index contributed by atoms with van der Waals surface area (Å²) >= 11 is 0. The summed E-state index contributed by atoms with van der Waals surface area (Å²) in [5.74, 6) is -0.0205. The minimum absolute atomic E-state index is 0.0205. The molecule has 0 radical (unpaired) electrons. The summed E-state index contributed by atoms with van der Waals surface area (Å²) in [4.78, 5) is 20.7. The van der Waals surface area contributed by atoms with Crippen LogP contribution in [0.25, 0.3) is 0 Å². The van der Waals surface area contributed by atoms with Crippen LogP contribution in [0.5, 0.6) is 0 Å². The van der Waals surface area contributed by atoms with Gasteiger partial charge in [-0.25, -0.2) is 0 Å². The zero-order valence-corrected chi connectivity index (χ0v) is 16.9. The number of pyridine rings is 1. The molecule has 0 bridgehead atoms. The molecule has 0 unspecified atom stereocenters. The second-order valence-electron chi connectivity index (χ2n) is 7.93. The number of hydrogen-bond acceptors (Lipinski definition) is 4. The Morgan fingerprint density at radius 2 is 1.81 bits per heavy atom. The van der Waals surface area contributed by atoms with E-state index in [1.807, 2.05) is 49.2 Å². The predicted molar refractivity (Wildman–Crippen MR) is 104 cm³/mol. The van der Waals surface area contributed by atoms with Gasteiger partial charge in [0.15, 0.2) is 5.69 Å². The fourth-order valence-electron chi connectivity index (χ4n) is 3.01. The highest BCUT2D eigenvalue weighted by molar-refractivity contribution is 5.92. The standard InChI is InChI=1S/C20H31N5O/c1-16-14-18(22-25(16)20(2,3)4)19(26)24(6)13-7-12-23(5)15-17-8-10-21-11-9-17/h8-11,14H,7,12-13,15H2,1-6H3. The van der Waals surface area contributed by atoms with Crippen LogP contribution in [0, 0.1) is 6.92 Å². The number of aryl methyl sites for hydroxylation is 1. The molecule has 0 fully saturated rings. The van der Waals surface area contributed by atoms with Crippen LogP contribution in [0.1, 0.15) is 48.9 Å². The fraction of sp³-hybridized carbons (Fsp3) is 0.550. The Bertz CT molecular complexity index is 718. The van der Waals surface area contributed by atoms with E-state index in [0.717, 1.165) is 25.2 Å². The maximum absolute atomic E-state index is 12.6. The van der Waals surface area contributed by atoms with E-state index in [4.69, 9.17) is 0 Å². The molecule has 26 heavy (non-hydrogen) atoms. The van der Waals surface area contributed by atoms with Crippen LogP contribution in [-0.4, -0.2) is 57.7 Å². The molecule has 0 saturated carbocycles. The lowest BCUT2D eigenvalue weighted by Crippen LogP contribution is -2.31. The molecule has 0 N–H and O–H groups in total. The molecule has 1 amide bonds. The van der Waals surface area contributed by atoms with Crippen molar-refractivity contribution >= 4 is 5.91 Å². The van der Waals surface area contributed by atoms with Crippen LogP contribution >= 0.6 is 0 Å². The van der Waals surface area contributed by atoms with E-state index < -0.39 is 0 Å². The number of aromatic nitrogens is 3. The van der Waals surface area contributed by atoms with Crippen molar-refractivity contribution in [1.82, 2.24) is 24.6 Å². The van der Waals surface area contributed by atoms with Gasteiger partial charge in [-0.15, -0.1) is 0 Å². The highest BCUT2D eigenvalue weighted by atomic mass is 16.2. The zero-order chi connectivity index (χ0) is 19.3. The van der Waals surface area contributed by atoms with Crippen molar-refractivity contribution in [1.29, 1.82) is 0 Å². The summed E-state index contributed by atoms with van der Waals surface area (Å²) in [5, 5.41) is 4.51. The summed E-state index contributed by atoms with van der Waals surface area (Å²) in [7, 11) is 3.94. The molecule has 6 heteroatoms. The largest absolute Gasteiger partial charge is 0.340 e. The van der Waals surface area contributed by atoms with Crippen molar-refractivity contribution in [2.75, 3.05) is 27.2 Å². The lowest BCUT2D eigenvalue weighted by atomic mass is 10.1. The predicted octanol–water partition coefficient (Wildman–Crippen LogP) is 2.94. The van der Waals surface area contributed by atoms with Gasteiger partial charge in [0.25, 0.3) is 5.91 Å². The van der Waals surface area contributed by atoms with Gasteiger partial charge in [0.05, 0.1) is 5.54 Å². The number of hydrogen-bond donors (Lipinski definition) is 0. The van der Waals surface area contributed by atoms with Gasteiger partial charge >= 0.3 is 0 Å². The van der Waals surface area contributed by atoms with E-state index >= 15 is 0 Å². The highest BCUT2D eigenvalue weighted by Gasteiger charge is 2.21. The van der Waals surface area contributed by atoms with Gasteiger partial charge in [0, 0.05) is 38.2 Å². The van der Waals surface area contributed by atoms with Crippen molar-refractivity contribution in [3.63, 3.8) is 0 Å². The molecule has 2 aromatic heterocycles. The van der Waals surface area contributed by atoms with E-state index in [2.05, 4.69) is 42.8 Å². The summed E-state index contributed by atoms with van der Waals surface area (Å²) in [6.07, 6.45) is 4.55. The molecule has 0 aliphatic carbocycles. The van der Waals surface area contributed by atoms with Crippen molar-refractivity contribution in [2.24, 2.45) is 0 Å². The first-order valence-corrected chi connectivity index (χ1v) is 9.08. The zero-order valence-electron chi connectivity index (χ0n) is 16.9. The Morgan fingerprint density at radius 1 is 1.15 bits per heavy atom. The van der Waals surface area contributed by atoms with Gasteiger partial charge in [0.2, 0.25) is 0 Å². The van der Waals surface area contributed by atoms with Crippen LogP contribution in [0.4, 0.5) is 0 Å². The smallest absolute Gasteiger partial charge is 0.274 e. The minimum atomic E-state index is -0.128. The fourth-order valence-corrected chi connectivity index (χ4v) is 3.01. The molecule has 2 aromatic rings. The number of carbonyl (C=O) groups is 1. The second kappa shape index (κ2) is 8.45. The van der Waals surface area contributed by atoms with Gasteiger partial charge in [0.1, 0.15) is 0 Å². The molecule has 0 atom stereocenters. The SMILES string of the molecule is Cc1cc(C(=O)N(C)CCCN(C)Cc2ccncc2)nn1C(C)(C)C. The van der Waals surface area contributed by atoms with Gasteiger partial charge in [-0.1, -0.05) is 0 Å². The quantitative estimate of drug-likeness (QED) is 0.764. The molecule has 6 nitrogen and oxygen atoms in total. The van der Waals surface area contributed by atoms with Crippen LogP contribution < -0.4 is 0 Å². The molecular weight excluding hydrogens is 326 g/mol. The van der Waals surface area contributed by atoms with Gasteiger partial charge < -0.3 is 9.80 Å². The van der Waals surface area contributed by atoms with E-state index in [1.54, 1.807) is 4.90 Å². The molecule has 0 saturated heterocycles. The summed E-state index contributed by atoms with van der Waals surface area (Å²) in [5.41, 5.74) is 2.64. The Kier molecular flexibility index (Phi) is 6.53. The molecule has 0 spiro atoms. The summed E-state index contributed by atoms with van der Waals surface area (Å²) in [6, 6.07) is 5.93. The van der Waals surface area contributed by atoms with Gasteiger partial charge in [-0.05, 0) is 71.5 Å². The first kappa shape index (κ1) is 20.1. The normalized spacial score (nSPS) is 11.8. The van der Waals surface area contributed by atoms with Crippen LogP contribution in [0.3, 0.4) is 0 Å². The third-order valence-electron chi connectivity index (χ3n) is 4.32. The van der Waals surface area contributed by atoms with Crippen LogP contribution in [0.15, 0.2) is 30.6 Å². The molecular formula is C20H31N5O. The maximum Gasteiger partial charge on any atom is 0.274 e. The molecule has 0 aliphatic rings. The maximum atomic E-state index is 12.6. The third-order valence-corrected chi connectivity index (χ3v) is 4.32. The molecule has 0 aliphatic heterocycles. The van der Waals surface area contributed by atoms with Crippen LogP contribution in [0.2, 0.25) is 0 Å². The van der Waals surface area contributed by atoms with Gasteiger partial charge in [-0.2, -0.15) is 5.10 Å². The Labute approximate surface area is 156 Å². The Hall–Kier alpha value is -2.21. The minimum Gasteiger partial charge on any atom is -0.340 e. The van der Waals surface area contributed by atoms with E-state index in [0.29, 0.717) is 12.2 Å². The molecule has 2 heterocycles. The number of carbonyl (C=O) groups excluding carboxylic acids is 1. The Morgan fingerprint density at radius 3 is 2.38 bits per heavy atom. The number of rotatable bonds is 7. The van der Waals surface area contributed by atoms with Crippen LogP contribution in [-0.2, 0) is 12.1 Å². The van der Waals surface area contributed by atoms with Gasteiger partial charge in [-0.3, -0.25) is 14.5 Å². The number of amides is 1. The number of nitrogens with zero attached hydrogens (tertiary/aromatic N) is 5. The molecule has 2 rings (SSSR count). The summed E-state index contributed by atoms with van der Waals surface area (Å²) < 4.78 is 1.91. The first-order valence-electron chi connectivity index (χ1n) is 9.08.